The van der Waals surface area contributed by atoms with Gasteiger partial charge in [-0.1, -0.05) is 13.0 Å². The maximum atomic E-state index is 9.74. The van der Waals surface area contributed by atoms with E-state index < -0.39 is 0 Å². The lowest BCUT2D eigenvalue weighted by Gasteiger charge is -2.07. The van der Waals surface area contributed by atoms with E-state index in [1.54, 1.807) is 6.07 Å². The van der Waals surface area contributed by atoms with E-state index >= 15 is 0 Å². The molecule has 0 heterocycles. The van der Waals surface area contributed by atoms with Gasteiger partial charge in [0, 0.05) is 24.4 Å². The summed E-state index contributed by atoms with van der Waals surface area (Å²) in [6, 6.07) is 5.63. The average molecular weight is 191 g/mol. The zero-order valence-corrected chi connectivity index (χ0v) is 8.96. The summed E-state index contributed by atoms with van der Waals surface area (Å²) in [7, 11) is 1.84. The van der Waals surface area contributed by atoms with E-state index in [0.29, 0.717) is 5.75 Å². The monoisotopic (exact) mass is 191 g/mol. The molecule has 0 aliphatic heterocycles. The quantitative estimate of drug-likeness (QED) is 0.768. The van der Waals surface area contributed by atoms with Crippen LogP contribution in [-0.4, -0.2) is 12.2 Å². The van der Waals surface area contributed by atoms with Crippen LogP contribution in [-0.2, 0) is 0 Å². The van der Waals surface area contributed by atoms with Crippen molar-refractivity contribution in [2.24, 2.45) is 0 Å². The second-order valence-corrected chi connectivity index (χ2v) is 3.28. The SMILES string of the molecule is CC/C=C(/C)c1ccc(NC)cc1O. The summed E-state index contributed by atoms with van der Waals surface area (Å²) < 4.78 is 0. The molecule has 2 heteroatoms. The van der Waals surface area contributed by atoms with E-state index in [9.17, 15) is 5.11 Å². The van der Waals surface area contributed by atoms with E-state index in [-0.39, 0.29) is 0 Å². The van der Waals surface area contributed by atoms with Crippen molar-refractivity contribution >= 4 is 11.3 Å². The molecule has 1 rings (SSSR count). The molecule has 0 saturated carbocycles. The summed E-state index contributed by atoms with van der Waals surface area (Å²) in [5, 5.41) is 12.7. The van der Waals surface area contributed by atoms with Gasteiger partial charge in [-0.2, -0.15) is 0 Å². The Kier molecular flexibility index (Phi) is 3.57. The molecule has 0 aliphatic carbocycles. The molecule has 1 aromatic rings. The van der Waals surface area contributed by atoms with Crippen LogP contribution in [0, 0.1) is 0 Å². The second-order valence-electron chi connectivity index (χ2n) is 3.28. The highest BCUT2D eigenvalue weighted by molar-refractivity contribution is 5.71. The maximum Gasteiger partial charge on any atom is 0.125 e. The van der Waals surface area contributed by atoms with Crippen LogP contribution in [0.1, 0.15) is 25.8 Å². The molecule has 2 N–H and O–H groups in total. The molecule has 0 aliphatic rings. The van der Waals surface area contributed by atoms with Crippen molar-refractivity contribution in [3.05, 3.63) is 29.8 Å². The van der Waals surface area contributed by atoms with Gasteiger partial charge < -0.3 is 10.4 Å². The average Bonchev–Trinajstić information content (AvgIpc) is 2.17. The summed E-state index contributed by atoms with van der Waals surface area (Å²) in [6.07, 6.45) is 3.09. The van der Waals surface area contributed by atoms with Crippen LogP contribution in [0.15, 0.2) is 24.3 Å². The summed E-state index contributed by atoms with van der Waals surface area (Å²) in [4.78, 5) is 0. The Hall–Kier alpha value is -1.44. The minimum Gasteiger partial charge on any atom is -0.507 e. The Morgan fingerprint density at radius 2 is 2.21 bits per heavy atom. The molecule has 14 heavy (non-hydrogen) atoms. The lowest BCUT2D eigenvalue weighted by molar-refractivity contribution is 0.474. The van der Waals surface area contributed by atoms with Crippen LogP contribution < -0.4 is 5.32 Å². The van der Waals surface area contributed by atoms with Crippen molar-refractivity contribution in [3.63, 3.8) is 0 Å². The van der Waals surface area contributed by atoms with Gasteiger partial charge in [0.2, 0.25) is 0 Å². The second kappa shape index (κ2) is 4.70. The highest BCUT2D eigenvalue weighted by atomic mass is 16.3. The number of hydrogen-bond acceptors (Lipinski definition) is 2. The molecule has 0 fully saturated rings. The molecule has 1 aromatic carbocycles. The molecule has 2 nitrogen and oxygen atoms in total. The molecule has 0 radical (unpaired) electrons. The van der Waals surface area contributed by atoms with Gasteiger partial charge in [0.1, 0.15) is 5.75 Å². The van der Waals surface area contributed by atoms with Gasteiger partial charge in [-0.25, -0.2) is 0 Å². The van der Waals surface area contributed by atoms with Crippen LogP contribution in [0.25, 0.3) is 5.57 Å². The van der Waals surface area contributed by atoms with Gasteiger partial charge >= 0.3 is 0 Å². The third-order valence-electron chi connectivity index (χ3n) is 2.22. The number of allylic oxidation sites excluding steroid dienone is 2. The Morgan fingerprint density at radius 1 is 1.50 bits per heavy atom. The molecule has 0 amide bonds. The van der Waals surface area contributed by atoms with E-state index in [0.717, 1.165) is 23.2 Å². The summed E-state index contributed by atoms with van der Waals surface area (Å²) in [6.45, 7) is 4.10. The van der Waals surface area contributed by atoms with Crippen LogP contribution in [0.5, 0.6) is 5.75 Å². The van der Waals surface area contributed by atoms with Crippen LogP contribution in [0.4, 0.5) is 5.69 Å². The molecule has 0 unspecified atom stereocenters. The highest BCUT2D eigenvalue weighted by Crippen LogP contribution is 2.27. The van der Waals surface area contributed by atoms with Gasteiger partial charge in [-0.15, -0.1) is 0 Å². The van der Waals surface area contributed by atoms with E-state index in [1.807, 2.05) is 26.1 Å². The third-order valence-corrected chi connectivity index (χ3v) is 2.22. The molecular weight excluding hydrogens is 174 g/mol. The molecule has 0 bridgehead atoms. The molecule has 0 atom stereocenters. The highest BCUT2D eigenvalue weighted by Gasteiger charge is 2.02. The van der Waals surface area contributed by atoms with Crippen molar-refractivity contribution in [2.75, 3.05) is 12.4 Å². The first kappa shape index (κ1) is 10.6. The van der Waals surface area contributed by atoms with E-state index in [4.69, 9.17) is 0 Å². The summed E-state index contributed by atoms with van der Waals surface area (Å²) >= 11 is 0. The van der Waals surface area contributed by atoms with Gasteiger partial charge in [0.15, 0.2) is 0 Å². The Morgan fingerprint density at radius 3 is 2.71 bits per heavy atom. The largest absolute Gasteiger partial charge is 0.507 e. The number of aromatic hydroxyl groups is 1. The topological polar surface area (TPSA) is 32.3 Å². The number of anilines is 1. The normalized spacial score (nSPS) is 11.5. The minimum absolute atomic E-state index is 0.332. The molecule has 0 aromatic heterocycles. The van der Waals surface area contributed by atoms with Crippen molar-refractivity contribution in [1.29, 1.82) is 0 Å². The predicted octanol–water partition coefficient (Wildman–Crippen LogP) is 3.25. The van der Waals surface area contributed by atoms with Gasteiger partial charge in [-0.3, -0.25) is 0 Å². The summed E-state index contributed by atoms with van der Waals surface area (Å²) in [5.41, 5.74) is 2.95. The minimum atomic E-state index is 0.332. The van der Waals surface area contributed by atoms with Crippen molar-refractivity contribution in [1.82, 2.24) is 0 Å². The van der Waals surface area contributed by atoms with Crippen molar-refractivity contribution in [3.8, 4) is 5.75 Å². The Balaban J connectivity index is 3.05. The smallest absolute Gasteiger partial charge is 0.125 e. The number of hydrogen-bond donors (Lipinski definition) is 2. The lowest BCUT2D eigenvalue weighted by Crippen LogP contribution is -1.89. The van der Waals surface area contributed by atoms with E-state index in [1.165, 1.54) is 0 Å². The first-order chi connectivity index (χ1) is 6.69. The number of phenols is 1. The van der Waals surface area contributed by atoms with E-state index in [2.05, 4.69) is 18.3 Å². The maximum absolute atomic E-state index is 9.74. The Labute approximate surface area is 85.3 Å². The third kappa shape index (κ3) is 2.28. The molecule has 76 valence electrons. The lowest BCUT2D eigenvalue weighted by atomic mass is 10.0. The van der Waals surface area contributed by atoms with Crippen molar-refractivity contribution in [2.45, 2.75) is 20.3 Å². The molecule has 0 saturated heterocycles. The summed E-state index contributed by atoms with van der Waals surface area (Å²) in [5.74, 6) is 0.332. The van der Waals surface area contributed by atoms with Gasteiger partial charge in [0.25, 0.3) is 0 Å². The standard InChI is InChI=1S/C12H17NO/c1-4-5-9(2)11-7-6-10(13-3)8-12(11)14/h5-8,13-14H,4H2,1-3H3/b9-5-. The Bertz CT molecular complexity index is 342. The van der Waals surface area contributed by atoms with Crippen LogP contribution in [0.3, 0.4) is 0 Å². The first-order valence-electron chi connectivity index (χ1n) is 4.87. The van der Waals surface area contributed by atoms with Crippen molar-refractivity contribution < 1.29 is 5.11 Å². The fraction of sp³-hybridized carbons (Fsp3) is 0.333. The van der Waals surface area contributed by atoms with Crippen LogP contribution >= 0.6 is 0 Å². The van der Waals surface area contributed by atoms with Crippen LogP contribution in [0.2, 0.25) is 0 Å². The first-order valence-corrected chi connectivity index (χ1v) is 4.87. The van der Waals surface area contributed by atoms with Gasteiger partial charge in [-0.05, 0) is 31.1 Å². The fourth-order valence-corrected chi connectivity index (χ4v) is 1.44. The molecular formula is C12H17NO. The van der Waals surface area contributed by atoms with Gasteiger partial charge in [0.05, 0.1) is 0 Å². The number of benzene rings is 1. The number of nitrogens with one attached hydrogen (secondary N) is 1. The molecule has 0 spiro atoms. The predicted molar refractivity (Wildman–Crippen MR) is 61.6 cm³/mol. The fourth-order valence-electron chi connectivity index (χ4n) is 1.44. The number of phenolic OH excluding ortho intramolecular Hbond substituents is 1. The number of rotatable bonds is 3. The zero-order valence-electron chi connectivity index (χ0n) is 8.96. The zero-order chi connectivity index (χ0) is 10.6.